The van der Waals surface area contributed by atoms with Crippen LogP contribution < -0.4 is 5.32 Å². The number of aryl methyl sites for hydroxylation is 1. The molecule has 0 bridgehead atoms. The van der Waals surface area contributed by atoms with Crippen molar-refractivity contribution < 1.29 is 17.6 Å². The van der Waals surface area contributed by atoms with Crippen LogP contribution in [0, 0.1) is 6.92 Å². The van der Waals surface area contributed by atoms with Gasteiger partial charge in [0.2, 0.25) is 14.9 Å². The van der Waals surface area contributed by atoms with E-state index in [-0.39, 0.29) is 21.8 Å². The highest BCUT2D eigenvalue weighted by Crippen LogP contribution is 2.25. The van der Waals surface area contributed by atoms with Gasteiger partial charge in [-0.1, -0.05) is 69.7 Å². The Morgan fingerprint density at radius 2 is 1.50 bits per heavy atom. The van der Waals surface area contributed by atoms with Crippen LogP contribution in [0.15, 0.2) is 75.1 Å². The molecule has 1 heterocycles. The van der Waals surface area contributed by atoms with Crippen molar-refractivity contribution in [1.82, 2.24) is 10.2 Å². The van der Waals surface area contributed by atoms with E-state index in [9.17, 15) is 13.2 Å². The summed E-state index contributed by atoms with van der Waals surface area (Å²) < 4.78 is 31.2. The number of rotatable bonds is 10. The van der Waals surface area contributed by atoms with Gasteiger partial charge in [-0.05, 0) is 61.3 Å². The number of amides is 1. The van der Waals surface area contributed by atoms with Crippen LogP contribution >= 0.6 is 0 Å². The second-order valence-electron chi connectivity index (χ2n) is 8.70. The summed E-state index contributed by atoms with van der Waals surface area (Å²) in [5.74, 6) is -0.0227. The maximum atomic E-state index is 12.8. The Balaban J connectivity index is 1.76. The van der Waals surface area contributed by atoms with Crippen molar-refractivity contribution in [1.29, 1.82) is 0 Å². The molecule has 2 aromatic carbocycles. The number of carbonyl (C=O) groups excluding carboxylic acids is 1. The summed E-state index contributed by atoms with van der Waals surface area (Å²) in [6.45, 7) is 12.4. The minimum atomic E-state index is -3.83. The molecule has 0 saturated carbocycles. The van der Waals surface area contributed by atoms with Crippen LogP contribution in [-0.2, 0) is 9.84 Å². The van der Waals surface area contributed by atoms with Crippen LogP contribution in [0.3, 0.4) is 0 Å². The van der Waals surface area contributed by atoms with Gasteiger partial charge < -0.3 is 9.73 Å². The molecule has 1 unspecified atom stereocenters. The average molecular weight is 483 g/mol. The third-order valence-corrected chi connectivity index (χ3v) is 7.74. The standard InChI is InChI=1S/C27H34N2O4S/c1-6-29(7-2)24(22-12-10-21(11-13-22)19(3)4)18-28-27(30)25-16-17-26(33-25)34(31,32)23-14-8-20(5)9-15-23/h8-17,19,24H,6-7,18H2,1-5H3,(H,28,30). The van der Waals surface area contributed by atoms with Gasteiger partial charge in [-0.3, -0.25) is 9.69 Å². The highest BCUT2D eigenvalue weighted by atomic mass is 32.2. The van der Waals surface area contributed by atoms with Gasteiger partial charge >= 0.3 is 0 Å². The normalized spacial score (nSPS) is 12.8. The predicted octanol–water partition coefficient (Wildman–Crippen LogP) is 5.36. The lowest BCUT2D eigenvalue weighted by atomic mass is 9.98. The maximum absolute atomic E-state index is 12.8. The molecule has 3 rings (SSSR count). The van der Waals surface area contributed by atoms with Gasteiger partial charge in [0.1, 0.15) is 0 Å². The van der Waals surface area contributed by atoms with Crippen molar-refractivity contribution in [2.75, 3.05) is 19.6 Å². The van der Waals surface area contributed by atoms with E-state index in [1.807, 2.05) is 6.92 Å². The van der Waals surface area contributed by atoms with Gasteiger partial charge in [-0.2, -0.15) is 0 Å². The smallest absolute Gasteiger partial charge is 0.287 e. The number of hydrogen-bond donors (Lipinski definition) is 1. The summed E-state index contributed by atoms with van der Waals surface area (Å²) in [6.07, 6.45) is 0. The summed E-state index contributed by atoms with van der Waals surface area (Å²) in [5.41, 5.74) is 3.35. The van der Waals surface area contributed by atoms with E-state index in [1.54, 1.807) is 12.1 Å². The van der Waals surface area contributed by atoms with E-state index in [2.05, 4.69) is 62.2 Å². The van der Waals surface area contributed by atoms with E-state index < -0.39 is 15.7 Å². The van der Waals surface area contributed by atoms with Crippen molar-refractivity contribution in [3.63, 3.8) is 0 Å². The molecule has 0 spiro atoms. The zero-order valence-electron chi connectivity index (χ0n) is 20.5. The second kappa shape index (κ2) is 11.0. The lowest BCUT2D eigenvalue weighted by Gasteiger charge is -2.30. The minimum Gasteiger partial charge on any atom is -0.439 e. The number of hydrogen-bond acceptors (Lipinski definition) is 5. The Morgan fingerprint density at radius 1 is 0.912 bits per heavy atom. The second-order valence-corrected chi connectivity index (χ2v) is 10.6. The Kier molecular flexibility index (Phi) is 8.33. The molecule has 182 valence electrons. The summed E-state index contributed by atoms with van der Waals surface area (Å²) in [4.78, 5) is 15.2. The van der Waals surface area contributed by atoms with Crippen molar-refractivity contribution in [2.45, 2.75) is 56.6 Å². The van der Waals surface area contributed by atoms with Gasteiger partial charge in [0.15, 0.2) is 5.76 Å². The van der Waals surface area contributed by atoms with E-state index in [0.29, 0.717) is 12.5 Å². The van der Waals surface area contributed by atoms with E-state index >= 15 is 0 Å². The molecule has 1 atom stereocenters. The molecule has 34 heavy (non-hydrogen) atoms. The SMILES string of the molecule is CCN(CC)C(CNC(=O)c1ccc(S(=O)(=O)c2ccc(C)cc2)o1)c1ccc(C(C)C)cc1. The Bertz CT molecular complexity index is 1190. The number of likely N-dealkylation sites (N-methyl/N-ethyl adjacent to an activating group) is 1. The molecule has 0 aliphatic heterocycles. The number of nitrogens with zero attached hydrogens (tertiary/aromatic N) is 1. The van der Waals surface area contributed by atoms with E-state index in [4.69, 9.17) is 4.42 Å². The average Bonchev–Trinajstić information content (AvgIpc) is 3.33. The quantitative estimate of drug-likeness (QED) is 0.421. The first-order valence-corrected chi connectivity index (χ1v) is 13.2. The maximum Gasteiger partial charge on any atom is 0.287 e. The zero-order valence-corrected chi connectivity index (χ0v) is 21.4. The molecule has 1 aromatic heterocycles. The largest absolute Gasteiger partial charge is 0.439 e. The van der Waals surface area contributed by atoms with Crippen LogP contribution in [-0.4, -0.2) is 38.9 Å². The molecule has 0 saturated heterocycles. The molecule has 1 N–H and O–H groups in total. The fourth-order valence-corrected chi connectivity index (χ4v) is 5.10. The summed E-state index contributed by atoms with van der Waals surface area (Å²) in [7, 11) is -3.83. The number of sulfone groups is 1. The van der Waals surface area contributed by atoms with Crippen LogP contribution in [0.4, 0.5) is 0 Å². The monoisotopic (exact) mass is 482 g/mol. The number of nitrogens with one attached hydrogen (secondary N) is 1. The van der Waals surface area contributed by atoms with Gasteiger partial charge in [0.05, 0.1) is 10.9 Å². The van der Waals surface area contributed by atoms with Crippen LogP contribution in [0.2, 0.25) is 0 Å². The third kappa shape index (κ3) is 5.77. The van der Waals surface area contributed by atoms with Gasteiger partial charge in [0, 0.05) is 6.54 Å². The van der Waals surface area contributed by atoms with Crippen molar-refractivity contribution >= 4 is 15.7 Å². The van der Waals surface area contributed by atoms with Gasteiger partial charge in [-0.25, -0.2) is 8.42 Å². The molecule has 0 radical (unpaired) electrons. The molecule has 1 amide bonds. The van der Waals surface area contributed by atoms with Crippen LogP contribution in [0.1, 0.15) is 66.9 Å². The first-order chi connectivity index (χ1) is 16.2. The Labute approximate surface area is 202 Å². The fraction of sp³-hybridized carbons (Fsp3) is 0.370. The van der Waals surface area contributed by atoms with Crippen LogP contribution in [0.25, 0.3) is 0 Å². The summed E-state index contributed by atoms with van der Waals surface area (Å²) in [5, 5.41) is 2.68. The number of benzene rings is 2. The Hall–Kier alpha value is -2.90. The number of furan rings is 1. The molecule has 7 heteroatoms. The van der Waals surface area contributed by atoms with Gasteiger partial charge in [-0.15, -0.1) is 0 Å². The zero-order chi connectivity index (χ0) is 24.9. The highest BCUT2D eigenvalue weighted by molar-refractivity contribution is 7.91. The minimum absolute atomic E-state index is 0.00844. The molecule has 0 aliphatic rings. The summed E-state index contributed by atoms with van der Waals surface area (Å²) >= 11 is 0. The molecular weight excluding hydrogens is 448 g/mol. The van der Waals surface area contributed by atoms with Crippen LogP contribution in [0.5, 0.6) is 0 Å². The van der Waals surface area contributed by atoms with E-state index in [1.165, 1.54) is 29.8 Å². The van der Waals surface area contributed by atoms with Gasteiger partial charge in [0.25, 0.3) is 5.91 Å². The molecule has 0 aliphatic carbocycles. The molecule has 0 fully saturated rings. The molecular formula is C27H34N2O4S. The van der Waals surface area contributed by atoms with Crippen molar-refractivity contribution in [3.8, 4) is 0 Å². The first kappa shape index (κ1) is 25.7. The fourth-order valence-electron chi connectivity index (χ4n) is 3.92. The lowest BCUT2D eigenvalue weighted by Crippen LogP contribution is -2.38. The van der Waals surface area contributed by atoms with Crippen molar-refractivity contribution in [2.24, 2.45) is 0 Å². The first-order valence-electron chi connectivity index (χ1n) is 11.7. The highest BCUT2D eigenvalue weighted by Gasteiger charge is 2.25. The number of carbonyl (C=O) groups is 1. The Morgan fingerprint density at radius 3 is 2.06 bits per heavy atom. The third-order valence-electron chi connectivity index (χ3n) is 6.10. The molecule has 6 nitrogen and oxygen atoms in total. The topological polar surface area (TPSA) is 79.6 Å². The van der Waals surface area contributed by atoms with E-state index in [0.717, 1.165) is 24.2 Å². The summed E-state index contributed by atoms with van der Waals surface area (Å²) in [6, 6.07) is 17.7. The lowest BCUT2D eigenvalue weighted by molar-refractivity contribution is 0.0902. The van der Waals surface area contributed by atoms with Crippen molar-refractivity contribution in [3.05, 3.63) is 83.1 Å². The molecule has 3 aromatic rings. The predicted molar refractivity (Wildman–Crippen MR) is 134 cm³/mol.